The van der Waals surface area contributed by atoms with Crippen molar-refractivity contribution in [3.8, 4) is 12.0 Å². The van der Waals surface area contributed by atoms with E-state index >= 15 is 0 Å². The predicted molar refractivity (Wildman–Crippen MR) is 64.6 cm³/mol. The van der Waals surface area contributed by atoms with Gasteiger partial charge >= 0.3 is 12.0 Å². The van der Waals surface area contributed by atoms with Gasteiger partial charge in [-0.1, -0.05) is 6.07 Å². The third kappa shape index (κ3) is 3.04. The molecule has 90 valence electrons. The molecule has 1 N–H and O–H groups in total. The maximum Gasteiger partial charge on any atom is 0.324 e. The monoisotopic (exact) mass is 252 g/mol. The van der Waals surface area contributed by atoms with Crippen LogP contribution in [0, 0.1) is 0 Å². The molecule has 0 atom stereocenters. The van der Waals surface area contributed by atoms with Gasteiger partial charge in [0.2, 0.25) is 5.95 Å². The van der Waals surface area contributed by atoms with E-state index in [1.807, 2.05) is 17.5 Å². The molecule has 0 amide bonds. The van der Waals surface area contributed by atoms with Crippen LogP contribution in [0.25, 0.3) is 0 Å². The Morgan fingerprint density at radius 2 is 1.88 bits per heavy atom. The van der Waals surface area contributed by atoms with Crippen molar-refractivity contribution in [2.24, 2.45) is 0 Å². The Hall–Kier alpha value is -1.89. The number of aromatic nitrogens is 3. The molecule has 2 aromatic heterocycles. The summed E-state index contributed by atoms with van der Waals surface area (Å²) in [6, 6.07) is 4.49. The van der Waals surface area contributed by atoms with Gasteiger partial charge in [-0.25, -0.2) is 0 Å². The van der Waals surface area contributed by atoms with Crippen molar-refractivity contribution < 1.29 is 9.47 Å². The van der Waals surface area contributed by atoms with Gasteiger partial charge in [-0.05, 0) is 11.4 Å². The van der Waals surface area contributed by atoms with Crippen LogP contribution in [0.2, 0.25) is 0 Å². The first-order valence-electron chi connectivity index (χ1n) is 4.92. The van der Waals surface area contributed by atoms with Gasteiger partial charge in [0, 0.05) is 4.88 Å². The highest BCUT2D eigenvalue weighted by atomic mass is 32.1. The average molecular weight is 252 g/mol. The van der Waals surface area contributed by atoms with Crippen molar-refractivity contribution in [2.75, 3.05) is 19.5 Å². The van der Waals surface area contributed by atoms with Crippen molar-refractivity contribution in [1.29, 1.82) is 0 Å². The number of rotatable bonds is 5. The van der Waals surface area contributed by atoms with Crippen molar-refractivity contribution in [2.45, 2.75) is 6.54 Å². The van der Waals surface area contributed by atoms with Crippen LogP contribution < -0.4 is 14.8 Å². The molecule has 17 heavy (non-hydrogen) atoms. The van der Waals surface area contributed by atoms with E-state index in [0.717, 1.165) is 0 Å². The average Bonchev–Trinajstić information content (AvgIpc) is 2.89. The number of nitrogens with zero attached hydrogens (tertiary/aromatic N) is 3. The Bertz CT molecular complexity index is 453. The Kier molecular flexibility index (Phi) is 3.71. The maximum absolute atomic E-state index is 4.95. The van der Waals surface area contributed by atoms with E-state index in [9.17, 15) is 0 Å². The van der Waals surface area contributed by atoms with Gasteiger partial charge in [0.05, 0.1) is 20.8 Å². The van der Waals surface area contributed by atoms with Crippen LogP contribution in [-0.4, -0.2) is 29.2 Å². The SMILES string of the molecule is COc1nc(NCc2cccs2)nc(OC)n1. The lowest BCUT2D eigenvalue weighted by atomic mass is 10.5. The van der Waals surface area contributed by atoms with Crippen LogP contribution >= 0.6 is 11.3 Å². The third-order valence-corrected chi connectivity index (χ3v) is 2.84. The number of nitrogens with one attached hydrogen (secondary N) is 1. The topological polar surface area (TPSA) is 69.2 Å². The standard InChI is InChI=1S/C10H12N4O2S/c1-15-9-12-8(13-10(14-9)16-2)11-6-7-4-3-5-17-7/h3-5H,6H2,1-2H3,(H,11,12,13,14). The molecule has 0 aliphatic rings. The number of anilines is 1. The Balaban J connectivity index is 2.09. The number of hydrogen-bond acceptors (Lipinski definition) is 7. The Morgan fingerprint density at radius 1 is 1.18 bits per heavy atom. The zero-order chi connectivity index (χ0) is 12.1. The summed E-state index contributed by atoms with van der Waals surface area (Å²) in [5, 5.41) is 5.10. The van der Waals surface area contributed by atoms with Crippen LogP contribution in [0.4, 0.5) is 5.95 Å². The van der Waals surface area contributed by atoms with E-state index in [4.69, 9.17) is 9.47 Å². The van der Waals surface area contributed by atoms with Crippen LogP contribution in [-0.2, 0) is 6.54 Å². The second-order valence-electron chi connectivity index (χ2n) is 3.07. The Morgan fingerprint density at radius 3 is 2.41 bits per heavy atom. The summed E-state index contributed by atoms with van der Waals surface area (Å²) in [6.07, 6.45) is 0. The second-order valence-corrected chi connectivity index (χ2v) is 4.10. The first kappa shape index (κ1) is 11.6. The molecule has 0 fully saturated rings. The number of thiophene rings is 1. The lowest BCUT2D eigenvalue weighted by Gasteiger charge is -2.06. The van der Waals surface area contributed by atoms with Crippen molar-refractivity contribution in [3.63, 3.8) is 0 Å². The quantitative estimate of drug-likeness (QED) is 0.871. The molecule has 6 nitrogen and oxygen atoms in total. The van der Waals surface area contributed by atoms with E-state index < -0.39 is 0 Å². The summed E-state index contributed by atoms with van der Waals surface area (Å²) in [5.74, 6) is 0.433. The zero-order valence-corrected chi connectivity index (χ0v) is 10.3. The van der Waals surface area contributed by atoms with Crippen molar-refractivity contribution in [1.82, 2.24) is 15.0 Å². The van der Waals surface area contributed by atoms with Gasteiger partial charge in [0.1, 0.15) is 0 Å². The molecule has 0 spiro atoms. The third-order valence-electron chi connectivity index (χ3n) is 1.96. The number of hydrogen-bond donors (Lipinski definition) is 1. The summed E-state index contributed by atoms with van der Waals surface area (Å²) in [4.78, 5) is 13.2. The van der Waals surface area contributed by atoms with E-state index in [0.29, 0.717) is 12.5 Å². The molecular formula is C10H12N4O2S. The number of methoxy groups -OCH3 is 2. The molecule has 0 saturated heterocycles. The maximum atomic E-state index is 4.95. The fourth-order valence-corrected chi connectivity index (χ4v) is 1.82. The molecule has 0 aliphatic carbocycles. The van der Waals surface area contributed by atoms with Gasteiger partial charge in [-0.15, -0.1) is 16.3 Å². The van der Waals surface area contributed by atoms with Crippen LogP contribution in [0.15, 0.2) is 17.5 Å². The number of ether oxygens (including phenoxy) is 2. The first-order chi connectivity index (χ1) is 8.31. The van der Waals surface area contributed by atoms with Gasteiger partial charge < -0.3 is 14.8 Å². The highest BCUT2D eigenvalue weighted by Crippen LogP contribution is 2.14. The molecule has 0 unspecified atom stereocenters. The molecule has 7 heteroatoms. The van der Waals surface area contributed by atoms with Crippen LogP contribution in [0.5, 0.6) is 12.0 Å². The summed E-state index contributed by atoms with van der Waals surface area (Å²) in [5.41, 5.74) is 0. The molecule has 2 heterocycles. The first-order valence-corrected chi connectivity index (χ1v) is 5.80. The molecule has 0 aromatic carbocycles. The molecular weight excluding hydrogens is 240 g/mol. The lowest BCUT2D eigenvalue weighted by molar-refractivity contribution is 0.341. The highest BCUT2D eigenvalue weighted by Gasteiger charge is 2.06. The van der Waals surface area contributed by atoms with Crippen molar-refractivity contribution >= 4 is 17.3 Å². The summed E-state index contributed by atoms with van der Waals surface area (Å²) in [7, 11) is 3.00. The van der Waals surface area contributed by atoms with Gasteiger partial charge in [0.25, 0.3) is 0 Å². The van der Waals surface area contributed by atoms with Crippen molar-refractivity contribution in [3.05, 3.63) is 22.4 Å². The van der Waals surface area contributed by atoms with Gasteiger partial charge in [0.15, 0.2) is 0 Å². The second kappa shape index (κ2) is 5.44. The lowest BCUT2D eigenvalue weighted by Crippen LogP contribution is -2.06. The fourth-order valence-electron chi connectivity index (χ4n) is 1.18. The molecule has 0 bridgehead atoms. The molecule has 0 saturated carbocycles. The largest absolute Gasteiger partial charge is 0.467 e. The normalized spacial score (nSPS) is 10.0. The van der Waals surface area contributed by atoms with E-state index in [1.54, 1.807) is 11.3 Å². The predicted octanol–water partition coefficient (Wildman–Crippen LogP) is 1.56. The minimum absolute atomic E-state index is 0.227. The minimum Gasteiger partial charge on any atom is -0.467 e. The zero-order valence-electron chi connectivity index (χ0n) is 9.51. The van der Waals surface area contributed by atoms with E-state index in [1.165, 1.54) is 19.1 Å². The summed E-state index contributed by atoms with van der Waals surface area (Å²) < 4.78 is 9.91. The Labute approximate surface area is 103 Å². The molecule has 2 rings (SSSR count). The summed E-state index contributed by atoms with van der Waals surface area (Å²) >= 11 is 1.67. The highest BCUT2D eigenvalue weighted by molar-refractivity contribution is 7.09. The summed E-state index contributed by atoms with van der Waals surface area (Å²) in [6.45, 7) is 0.661. The minimum atomic E-state index is 0.227. The molecule has 0 aliphatic heterocycles. The van der Waals surface area contributed by atoms with Crippen LogP contribution in [0.1, 0.15) is 4.88 Å². The van der Waals surface area contributed by atoms with Gasteiger partial charge in [-0.3, -0.25) is 0 Å². The molecule has 2 aromatic rings. The van der Waals surface area contributed by atoms with E-state index in [-0.39, 0.29) is 12.0 Å². The smallest absolute Gasteiger partial charge is 0.324 e. The van der Waals surface area contributed by atoms with E-state index in [2.05, 4.69) is 20.3 Å². The molecule has 0 radical (unpaired) electrons. The van der Waals surface area contributed by atoms with Gasteiger partial charge in [-0.2, -0.15) is 9.97 Å². The van der Waals surface area contributed by atoms with Crippen LogP contribution in [0.3, 0.4) is 0 Å². The fraction of sp³-hybridized carbons (Fsp3) is 0.300.